The molecular weight excluding hydrogens is 457 g/mol. The van der Waals surface area contributed by atoms with E-state index in [9.17, 15) is 9.18 Å². The molecule has 4 aromatic rings. The molecule has 0 bridgehead atoms. The molecule has 1 amide bonds. The Morgan fingerprint density at radius 3 is 2.69 bits per heavy atom. The van der Waals surface area contributed by atoms with Crippen LogP contribution in [0.1, 0.15) is 55.6 Å². The van der Waals surface area contributed by atoms with Crippen LogP contribution in [0.15, 0.2) is 36.8 Å². The van der Waals surface area contributed by atoms with E-state index in [1.54, 1.807) is 23.7 Å². The van der Waals surface area contributed by atoms with Gasteiger partial charge in [0.2, 0.25) is 0 Å². The van der Waals surface area contributed by atoms with Crippen LogP contribution in [0.3, 0.4) is 0 Å². The Morgan fingerprint density at radius 2 is 1.97 bits per heavy atom. The van der Waals surface area contributed by atoms with Crippen molar-refractivity contribution in [3.8, 4) is 0 Å². The molecule has 2 aliphatic rings. The molecule has 6 rings (SSSR count). The summed E-state index contributed by atoms with van der Waals surface area (Å²) < 4.78 is 18.0. The monoisotopic (exact) mass is 489 g/mol. The minimum atomic E-state index is -0.481. The predicted molar refractivity (Wildman–Crippen MR) is 139 cm³/mol. The van der Waals surface area contributed by atoms with Gasteiger partial charge in [-0.25, -0.2) is 9.37 Å². The van der Waals surface area contributed by atoms with Crippen LogP contribution in [0.5, 0.6) is 0 Å². The van der Waals surface area contributed by atoms with Crippen LogP contribution < -0.4 is 15.5 Å². The van der Waals surface area contributed by atoms with E-state index in [1.165, 1.54) is 18.9 Å². The number of pyridine rings is 1. The van der Waals surface area contributed by atoms with E-state index >= 15 is 0 Å². The zero-order chi connectivity index (χ0) is 25.0. The molecule has 1 aliphatic carbocycles. The van der Waals surface area contributed by atoms with Crippen LogP contribution >= 0.6 is 0 Å². The minimum Gasteiger partial charge on any atom is -0.371 e. The van der Waals surface area contributed by atoms with E-state index in [0.29, 0.717) is 40.6 Å². The summed E-state index contributed by atoms with van der Waals surface area (Å²) in [6.07, 6.45) is 10.2. The lowest BCUT2D eigenvalue weighted by atomic mass is 10.0. The molecule has 1 saturated carbocycles. The van der Waals surface area contributed by atoms with Gasteiger partial charge in [-0.3, -0.25) is 9.48 Å². The lowest BCUT2D eigenvalue weighted by molar-refractivity contribution is 0.102. The van der Waals surface area contributed by atoms with Crippen LogP contribution in [0.2, 0.25) is 0 Å². The van der Waals surface area contributed by atoms with Crippen molar-refractivity contribution < 1.29 is 9.18 Å². The first-order valence-corrected chi connectivity index (χ1v) is 12.8. The van der Waals surface area contributed by atoms with Gasteiger partial charge in [-0.1, -0.05) is 0 Å². The van der Waals surface area contributed by atoms with Gasteiger partial charge in [-0.05, 0) is 58.6 Å². The fourth-order valence-electron chi connectivity index (χ4n) is 5.30. The van der Waals surface area contributed by atoms with Crippen LogP contribution in [0.4, 0.5) is 15.8 Å². The number of halogens is 1. The van der Waals surface area contributed by atoms with Gasteiger partial charge in [0.25, 0.3) is 5.91 Å². The summed E-state index contributed by atoms with van der Waals surface area (Å²) >= 11 is 0. The zero-order valence-electron chi connectivity index (χ0n) is 21.0. The molecule has 1 aliphatic heterocycles. The maximum Gasteiger partial charge on any atom is 0.257 e. The number of nitrogens with zero attached hydrogens (tertiary/aromatic N) is 5. The van der Waals surface area contributed by atoms with Crippen LogP contribution in [-0.2, 0) is 6.54 Å². The first-order chi connectivity index (χ1) is 17.3. The average molecular weight is 490 g/mol. The Balaban J connectivity index is 1.26. The van der Waals surface area contributed by atoms with Crippen molar-refractivity contribution in [2.45, 2.75) is 64.6 Å². The van der Waals surface area contributed by atoms with Crippen LogP contribution in [0.25, 0.3) is 16.6 Å². The second kappa shape index (κ2) is 8.58. The van der Waals surface area contributed by atoms with Gasteiger partial charge < -0.3 is 19.9 Å². The molecule has 0 spiro atoms. The highest BCUT2D eigenvalue weighted by molar-refractivity contribution is 6.13. The number of aromatic nitrogens is 4. The molecule has 2 fully saturated rings. The number of imidazole rings is 1. The molecule has 8 nitrogen and oxygen atoms in total. The van der Waals surface area contributed by atoms with Gasteiger partial charge >= 0.3 is 0 Å². The van der Waals surface area contributed by atoms with E-state index in [2.05, 4.69) is 27.4 Å². The Bertz CT molecular complexity index is 1460. The molecule has 36 heavy (non-hydrogen) atoms. The van der Waals surface area contributed by atoms with E-state index in [4.69, 9.17) is 5.10 Å². The highest BCUT2D eigenvalue weighted by Crippen LogP contribution is 2.37. The quantitative estimate of drug-likeness (QED) is 0.417. The third kappa shape index (κ3) is 4.21. The number of anilines is 2. The Hall–Kier alpha value is -3.46. The Morgan fingerprint density at radius 1 is 1.19 bits per heavy atom. The van der Waals surface area contributed by atoms with Gasteiger partial charge in [0.15, 0.2) is 11.5 Å². The van der Waals surface area contributed by atoms with E-state index in [-0.39, 0.29) is 11.6 Å². The summed E-state index contributed by atoms with van der Waals surface area (Å²) in [4.78, 5) is 19.9. The number of nitrogens with one attached hydrogen (secondary N) is 2. The normalized spacial score (nSPS) is 17.7. The predicted octanol–water partition coefficient (Wildman–Crippen LogP) is 4.51. The number of fused-ring (bicyclic) bond motifs is 2. The molecular formula is C27H32FN7O. The maximum absolute atomic E-state index is 14.5. The standard InChI is InChI=1S/C27H32FN7O/c1-4-35-16-21-23(33-11-7-18(8-12-33)31-27(3)9-10-27)6-5-20(24(21)32-35)26(36)30-19-13-22(28)25-29-17(2)14-34(25)15-19/h5-6,13-16,18,31H,4,7-12H2,1-3H3,(H,30,36). The second-order valence-corrected chi connectivity index (χ2v) is 10.5. The molecule has 188 valence electrons. The number of hydrogen-bond donors (Lipinski definition) is 2. The summed E-state index contributed by atoms with van der Waals surface area (Å²) in [5, 5.41) is 12.4. The first-order valence-electron chi connectivity index (χ1n) is 12.8. The largest absolute Gasteiger partial charge is 0.371 e. The number of benzene rings is 1. The lowest BCUT2D eigenvalue weighted by Crippen LogP contribution is -2.46. The number of piperidine rings is 1. The van der Waals surface area contributed by atoms with E-state index < -0.39 is 5.82 Å². The van der Waals surface area contributed by atoms with Crippen molar-refractivity contribution in [3.05, 3.63) is 53.9 Å². The van der Waals surface area contributed by atoms with Crippen molar-refractivity contribution in [1.29, 1.82) is 0 Å². The molecule has 2 N–H and O–H groups in total. The van der Waals surface area contributed by atoms with Gasteiger partial charge in [0.05, 0.1) is 16.9 Å². The van der Waals surface area contributed by atoms with Gasteiger partial charge in [0.1, 0.15) is 5.52 Å². The summed E-state index contributed by atoms with van der Waals surface area (Å²) in [7, 11) is 0. The number of hydrogen-bond acceptors (Lipinski definition) is 5. The van der Waals surface area contributed by atoms with E-state index in [0.717, 1.165) is 37.0 Å². The highest BCUT2D eigenvalue weighted by Gasteiger charge is 2.39. The fraction of sp³-hybridized carbons (Fsp3) is 0.444. The van der Waals surface area contributed by atoms with Gasteiger partial charge in [-0.15, -0.1) is 0 Å². The third-order valence-electron chi connectivity index (χ3n) is 7.54. The van der Waals surface area contributed by atoms with Gasteiger partial charge in [0, 0.05) is 66.9 Å². The highest BCUT2D eigenvalue weighted by atomic mass is 19.1. The summed E-state index contributed by atoms with van der Waals surface area (Å²) in [6, 6.07) is 5.73. The van der Waals surface area contributed by atoms with Crippen molar-refractivity contribution in [2.75, 3.05) is 23.3 Å². The maximum atomic E-state index is 14.5. The SMILES string of the molecule is CCn1cc2c(N3CCC(NC4(C)CC4)CC3)ccc(C(=O)Nc3cc(F)c4nc(C)cn4c3)c2n1. The number of carbonyl (C=O) groups excluding carboxylic acids is 1. The average Bonchev–Trinajstić information content (AvgIpc) is 3.24. The number of amides is 1. The number of rotatable bonds is 6. The number of aryl methyl sites for hydroxylation is 2. The molecule has 1 aromatic carbocycles. The summed E-state index contributed by atoms with van der Waals surface area (Å²) in [6.45, 7) is 8.80. The molecule has 0 unspecified atom stereocenters. The van der Waals surface area contributed by atoms with Crippen molar-refractivity contribution in [2.24, 2.45) is 0 Å². The zero-order valence-corrected chi connectivity index (χ0v) is 21.0. The van der Waals surface area contributed by atoms with Gasteiger partial charge in [-0.2, -0.15) is 5.10 Å². The summed E-state index contributed by atoms with van der Waals surface area (Å²) in [5.74, 6) is -0.797. The van der Waals surface area contributed by atoms with E-state index in [1.807, 2.05) is 29.9 Å². The van der Waals surface area contributed by atoms with Crippen LogP contribution in [-0.4, -0.2) is 49.7 Å². The van der Waals surface area contributed by atoms with Crippen molar-refractivity contribution >= 4 is 33.8 Å². The molecule has 4 heterocycles. The van der Waals surface area contributed by atoms with Crippen LogP contribution in [0, 0.1) is 12.7 Å². The fourth-order valence-corrected chi connectivity index (χ4v) is 5.30. The topological polar surface area (TPSA) is 79.5 Å². The molecule has 9 heteroatoms. The molecule has 0 atom stereocenters. The Labute approximate surface area is 209 Å². The third-order valence-corrected chi connectivity index (χ3v) is 7.54. The Kier molecular flexibility index (Phi) is 5.48. The first kappa shape index (κ1) is 23.0. The lowest BCUT2D eigenvalue weighted by Gasteiger charge is -2.35. The molecule has 3 aromatic heterocycles. The molecule has 1 saturated heterocycles. The van der Waals surface area contributed by atoms with Crippen molar-refractivity contribution in [3.63, 3.8) is 0 Å². The number of carbonyl (C=O) groups is 1. The minimum absolute atomic E-state index is 0.240. The second-order valence-electron chi connectivity index (χ2n) is 10.5. The van der Waals surface area contributed by atoms with Crippen molar-refractivity contribution in [1.82, 2.24) is 24.5 Å². The summed E-state index contributed by atoms with van der Waals surface area (Å²) in [5.41, 5.74) is 3.92. The smallest absolute Gasteiger partial charge is 0.257 e. The molecule has 0 radical (unpaired) electrons.